The Morgan fingerprint density at radius 3 is 2.47 bits per heavy atom. The SMILES string of the molecule is COCCCS(=O)(=O)CCCNC1CCCC1. The Hall–Kier alpha value is -0.130. The lowest BCUT2D eigenvalue weighted by Gasteiger charge is -2.11. The minimum atomic E-state index is -2.87. The number of rotatable bonds is 9. The van der Waals surface area contributed by atoms with E-state index in [2.05, 4.69) is 5.32 Å². The molecule has 1 saturated carbocycles. The molecule has 4 nitrogen and oxygen atoms in total. The maximum Gasteiger partial charge on any atom is 0.150 e. The first-order valence-electron chi connectivity index (χ1n) is 6.57. The van der Waals surface area contributed by atoms with Crippen molar-refractivity contribution in [1.82, 2.24) is 5.32 Å². The van der Waals surface area contributed by atoms with Gasteiger partial charge in [0.1, 0.15) is 9.84 Å². The van der Waals surface area contributed by atoms with Crippen LogP contribution >= 0.6 is 0 Å². The molecule has 1 rings (SSSR count). The number of nitrogens with one attached hydrogen (secondary N) is 1. The van der Waals surface area contributed by atoms with E-state index in [-0.39, 0.29) is 5.75 Å². The van der Waals surface area contributed by atoms with Gasteiger partial charge in [0.15, 0.2) is 0 Å². The third-order valence-electron chi connectivity index (χ3n) is 3.22. The van der Waals surface area contributed by atoms with E-state index >= 15 is 0 Å². The number of sulfone groups is 1. The Balaban J connectivity index is 2.03. The fourth-order valence-electron chi connectivity index (χ4n) is 2.25. The van der Waals surface area contributed by atoms with Crippen LogP contribution in [-0.4, -0.2) is 46.2 Å². The van der Waals surface area contributed by atoms with E-state index in [1.807, 2.05) is 0 Å². The van der Waals surface area contributed by atoms with Crippen LogP contribution in [0.5, 0.6) is 0 Å². The standard InChI is InChI=1S/C12H25NO3S/c1-16-9-5-11-17(14,15)10-4-8-13-12-6-2-3-7-12/h12-13H,2-11H2,1H3. The van der Waals surface area contributed by atoms with Gasteiger partial charge >= 0.3 is 0 Å². The second kappa shape index (κ2) is 8.06. The predicted molar refractivity (Wildman–Crippen MR) is 70.0 cm³/mol. The quantitative estimate of drug-likeness (QED) is 0.638. The van der Waals surface area contributed by atoms with Crippen molar-refractivity contribution in [2.75, 3.05) is 31.8 Å². The summed E-state index contributed by atoms with van der Waals surface area (Å²) in [5.41, 5.74) is 0. The van der Waals surface area contributed by atoms with Gasteiger partial charge < -0.3 is 10.1 Å². The molecule has 0 heterocycles. The molecule has 1 aliphatic rings. The maximum absolute atomic E-state index is 11.6. The van der Waals surface area contributed by atoms with Gasteiger partial charge in [-0.05, 0) is 32.2 Å². The molecule has 0 aromatic heterocycles. The summed E-state index contributed by atoms with van der Waals surface area (Å²) in [6.07, 6.45) is 6.46. The van der Waals surface area contributed by atoms with Gasteiger partial charge in [-0.15, -0.1) is 0 Å². The van der Waals surface area contributed by atoms with E-state index in [0.717, 1.165) is 13.0 Å². The largest absolute Gasteiger partial charge is 0.385 e. The molecule has 0 unspecified atom stereocenters. The maximum atomic E-state index is 11.6. The molecular weight excluding hydrogens is 238 g/mol. The lowest BCUT2D eigenvalue weighted by atomic mass is 10.2. The summed E-state index contributed by atoms with van der Waals surface area (Å²) in [5, 5.41) is 3.43. The molecule has 0 spiro atoms. The van der Waals surface area contributed by atoms with Gasteiger partial charge in [-0.2, -0.15) is 0 Å². The zero-order valence-corrected chi connectivity index (χ0v) is 11.6. The van der Waals surface area contributed by atoms with Crippen LogP contribution in [0, 0.1) is 0 Å². The topological polar surface area (TPSA) is 55.4 Å². The van der Waals surface area contributed by atoms with Gasteiger partial charge in [0.2, 0.25) is 0 Å². The van der Waals surface area contributed by atoms with Crippen LogP contribution in [0.1, 0.15) is 38.5 Å². The average Bonchev–Trinajstić information content (AvgIpc) is 2.77. The molecule has 1 N–H and O–H groups in total. The van der Waals surface area contributed by atoms with Crippen LogP contribution in [0.15, 0.2) is 0 Å². The van der Waals surface area contributed by atoms with Crippen LogP contribution in [0.2, 0.25) is 0 Å². The molecule has 0 bridgehead atoms. The molecule has 17 heavy (non-hydrogen) atoms. The summed E-state index contributed by atoms with van der Waals surface area (Å²) in [7, 11) is -1.27. The zero-order valence-electron chi connectivity index (χ0n) is 10.8. The Kier molecular flexibility index (Phi) is 7.08. The highest BCUT2D eigenvalue weighted by atomic mass is 32.2. The average molecular weight is 263 g/mol. The van der Waals surface area contributed by atoms with E-state index in [4.69, 9.17) is 4.74 Å². The Labute approximate surface area is 105 Å². The van der Waals surface area contributed by atoms with E-state index in [0.29, 0.717) is 24.8 Å². The molecule has 0 aliphatic heterocycles. The molecule has 102 valence electrons. The van der Waals surface area contributed by atoms with Gasteiger partial charge in [-0.3, -0.25) is 0 Å². The second-order valence-corrected chi connectivity index (χ2v) is 7.09. The van der Waals surface area contributed by atoms with Crippen LogP contribution < -0.4 is 5.32 Å². The van der Waals surface area contributed by atoms with Crippen LogP contribution in [0.3, 0.4) is 0 Å². The first kappa shape index (κ1) is 14.9. The van der Waals surface area contributed by atoms with Crippen molar-refractivity contribution in [2.24, 2.45) is 0 Å². The van der Waals surface area contributed by atoms with Crippen LogP contribution in [-0.2, 0) is 14.6 Å². The van der Waals surface area contributed by atoms with Crippen molar-refractivity contribution < 1.29 is 13.2 Å². The molecule has 1 fully saturated rings. The summed E-state index contributed by atoms with van der Waals surface area (Å²) in [6.45, 7) is 1.35. The number of hydrogen-bond donors (Lipinski definition) is 1. The number of methoxy groups -OCH3 is 1. The predicted octanol–water partition coefficient (Wildman–Crippen LogP) is 1.36. The Morgan fingerprint density at radius 1 is 1.18 bits per heavy atom. The van der Waals surface area contributed by atoms with E-state index in [1.165, 1.54) is 25.7 Å². The highest BCUT2D eigenvalue weighted by molar-refractivity contribution is 7.91. The Bertz CT molecular complexity index is 284. The van der Waals surface area contributed by atoms with Crippen LogP contribution in [0.4, 0.5) is 0 Å². The smallest absolute Gasteiger partial charge is 0.150 e. The molecule has 0 atom stereocenters. The van der Waals surface area contributed by atoms with Gasteiger partial charge in [0.25, 0.3) is 0 Å². The molecule has 0 aromatic rings. The van der Waals surface area contributed by atoms with Crippen molar-refractivity contribution in [1.29, 1.82) is 0 Å². The third-order valence-corrected chi connectivity index (χ3v) is 5.05. The zero-order chi connectivity index (χ0) is 12.6. The van der Waals surface area contributed by atoms with Gasteiger partial charge in [0, 0.05) is 19.8 Å². The molecular formula is C12H25NO3S. The number of hydrogen-bond acceptors (Lipinski definition) is 4. The monoisotopic (exact) mass is 263 g/mol. The third kappa shape index (κ3) is 7.01. The minimum Gasteiger partial charge on any atom is -0.385 e. The normalized spacial score (nSPS) is 17.7. The number of ether oxygens (including phenoxy) is 1. The summed E-state index contributed by atoms with van der Waals surface area (Å²) < 4.78 is 28.1. The Morgan fingerprint density at radius 2 is 1.82 bits per heavy atom. The van der Waals surface area contributed by atoms with E-state index in [9.17, 15) is 8.42 Å². The van der Waals surface area contributed by atoms with Gasteiger partial charge in [-0.1, -0.05) is 12.8 Å². The van der Waals surface area contributed by atoms with Gasteiger partial charge in [-0.25, -0.2) is 8.42 Å². The summed E-state index contributed by atoms with van der Waals surface area (Å²) >= 11 is 0. The van der Waals surface area contributed by atoms with Crippen molar-refractivity contribution in [3.8, 4) is 0 Å². The summed E-state index contributed by atoms with van der Waals surface area (Å²) in [4.78, 5) is 0. The van der Waals surface area contributed by atoms with Crippen molar-refractivity contribution in [3.63, 3.8) is 0 Å². The molecule has 1 aliphatic carbocycles. The van der Waals surface area contributed by atoms with Crippen LogP contribution in [0.25, 0.3) is 0 Å². The highest BCUT2D eigenvalue weighted by Gasteiger charge is 2.14. The second-order valence-electron chi connectivity index (χ2n) is 4.79. The minimum absolute atomic E-state index is 0.254. The van der Waals surface area contributed by atoms with Crippen molar-refractivity contribution in [3.05, 3.63) is 0 Å². The summed E-state index contributed by atoms with van der Waals surface area (Å²) in [5.74, 6) is 0.556. The fraction of sp³-hybridized carbons (Fsp3) is 1.00. The molecule has 0 radical (unpaired) electrons. The lowest BCUT2D eigenvalue weighted by Crippen LogP contribution is -2.28. The molecule has 0 amide bonds. The van der Waals surface area contributed by atoms with E-state index < -0.39 is 9.84 Å². The highest BCUT2D eigenvalue weighted by Crippen LogP contribution is 2.17. The summed E-state index contributed by atoms with van der Waals surface area (Å²) in [6, 6.07) is 0.631. The van der Waals surface area contributed by atoms with Crippen molar-refractivity contribution in [2.45, 2.75) is 44.6 Å². The van der Waals surface area contributed by atoms with Crippen molar-refractivity contribution >= 4 is 9.84 Å². The first-order chi connectivity index (χ1) is 8.14. The molecule has 0 aromatic carbocycles. The van der Waals surface area contributed by atoms with Gasteiger partial charge in [0.05, 0.1) is 11.5 Å². The first-order valence-corrected chi connectivity index (χ1v) is 8.39. The fourth-order valence-corrected chi connectivity index (χ4v) is 3.60. The molecule has 5 heteroatoms. The molecule has 0 saturated heterocycles. The van der Waals surface area contributed by atoms with E-state index in [1.54, 1.807) is 7.11 Å². The lowest BCUT2D eigenvalue weighted by molar-refractivity contribution is 0.199.